The van der Waals surface area contributed by atoms with Gasteiger partial charge < -0.3 is 19.3 Å². The van der Waals surface area contributed by atoms with Crippen LogP contribution in [0.4, 0.5) is 4.79 Å². The zero-order chi connectivity index (χ0) is 16.2. The molecule has 128 valence electrons. The number of hydrogen-bond acceptors (Lipinski definition) is 3. The van der Waals surface area contributed by atoms with E-state index in [-0.39, 0.29) is 6.03 Å². The van der Waals surface area contributed by atoms with Crippen LogP contribution in [0.5, 0.6) is 0 Å². The number of nitrogens with zero attached hydrogens (tertiary/aromatic N) is 5. The summed E-state index contributed by atoms with van der Waals surface area (Å²) in [7, 11) is 4.16. The van der Waals surface area contributed by atoms with Crippen LogP contribution in [0.1, 0.15) is 31.5 Å². The van der Waals surface area contributed by atoms with Gasteiger partial charge in [0.25, 0.3) is 0 Å². The molecular weight excluding hydrogens is 290 g/mol. The van der Waals surface area contributed by atoms with Crippen LogP contribution in [-0.4, -0.2) is 76.1 Å². The maximum atomic E-state index is 12.9. The number of aromatic nitrogens is 2. The van der Waals surface area contributed by atoms with E-state index in [0.29, 0.717) is 6.04 Å². The molecule has 1 aromatic rings. The second-order valence-electron chi connectivity index (χ2n) is 6.91. The Morgan fingerprint density at radius 2 is 1.96 bits per heavy atom. The molecule has 3 rings (SSSR count). The Bertz CT molecular complexity index is 521. The number of carbonyl (C=O) groups excluding carboxylic acids is 1. The van der Waals surface area contributed by atoms with Crippen LogP contribution in [-0.2, 0) is 13.5 Å². The van der Waals surface area contributed by atoms with E-state index in [1.54, 1.807) is 0 Å². The fourth-order valence-corrected chi connectivity index (χ4v) is 3.67. The maximum absolute atomic E-state index is 12.9. The van der Waals surface area contributed by atoms with Gasteiger partial charge in [0.1, 0.15) is 5.82 Å². The first kappa shape index (κ1) is 16.3. The zero-order valence-electron chi connectivity index (χ0n) is 14.4. The second kappa shape index (κ2) is 7.34. The van der Waals surface area contributed by atoms with Gasteiger partial charge in [0.2, 0.25) is 0 Å². The van der Waals surface area contributed by atoms with Gasteiger partial charge in [-0.15, -0.1) is 0 Å². The zero-order valence-corrected chi connectivity index (χ0v) is 14.4. The van der Waals surface area contributed by atoms with Crippen molar-refractivity contribution in [3.8, 4) is 0 Å². The lowest BCUT2D eigenvalue weighted by Gasteiger charge is -2.41. The molecule has 2 aliphatic rings. The highest BCUT2D eigenvalue weighted by atomic mass is 16.2. The Kier molecular flexibility index (Phi) is 5.20. The van der Waals surface area contributed by atoms with Gasteiger partial charge in [0, 0.05) is 64.6 Å². The van der Waals surface area contributed by atoms with E-state index in [2.05, 4.69) is 26.4 Å². The summed E-state index contributed by atoms with van der Waals surface area (Å²) in [6.07, 6.45) is 9.30. The molecule has 0 bridgehead atoms. The molecule has 2 amide bonds. The highest BCUT2D eigenvalue weighted by Gasteiger charge is 2.31. The second-order valence-corrected chi connectivity index (χ2v) is 6.91. The van der Waals surface area contributed by atoms with Gasteiger partial charge in [-0.25, -0.2) is 9.78 Å². The first-order valence-corrected chi connectivity index (χ1v) is 8.85. The standard InChI is InChI=1S/C17H29N5O/c1-19-11-13-21(14-12-19)17(23)22-9-4-3-5-15(22)6-7-16-18-8-10-20(16)2/h8,10,15H,3-7,9,11-14H2,1-2H3/t15-/m1/s1. The number of piperazine rings is 1. The summed E-state index contributed by atoms with van der Waals surface area (Å²) in [5.74, 6) is 1.11. The Labute approximate surface area is 139 Å². The van der Waals surface area contributed by atoms with Gasteiger partial charge in [-0.2, -0.15) is 0 Å². The van der Waals surface area contributed by atoms with Gasteiger partial charge >= 0.3 is 6.03 Å². The molecule has 0 unspecified atom stereocenters. The van der Waals surface area contributed by atoms with Gasteiger partial charge in [0.05, 0.1) is 0 Å². The van der Waals surface area contributed by atoms with Gasteiger partial charge in [-0.05, 0) is 32.7 Å². The van der Waals surface area contributed by atoms with E-state index in [9.17, 15) is 4.79 Å². The minimum absolute atomic E-state index is 0.252. The molecule has 2 fully saturated rings. The molecule has 0 aromatic carbocycles. The summed E-state index contributed by atoms with van der Waals surface area (Å²) in [5, 5.41) is 0. The normalized spacial score (nSPS) is 23.3. The van der Waals surface area contributed by atoms with Crippen LogP contribution in [0.15, 0.2) is 12.4 Å². The summed E-state index contributed by atoms with van der Waals surface area (Å²) in [6, 6.07) is 0.621. The Hall–Kier alpha value is -1.56. The summed E-state index contributed by atoms with van der Waals surface area (Å²) in [4.78, 5) is 23.8. The molecule has 0 radical (unpaired) electrons. The van der Waals surface area contributed by atoms with Crippen molar-refractivity contribution in [2.45, 2.75) is 38.1 Å². The molecule has 2 aliphatic heterocycles. The summed E-state index contributed by atoms with van der Waals surface area (Å²) in [5.41, 5.74) is 0. The van der Waals surface area contributed by atoms with E-state index in [1.807, 2.05) is 24.3 Å². The number of likely N-dealkylation sites (tertiary alicyclic amines) is 1. The fourth-order valence-electron chi connectivity index (χ4n) is 3.67. The van der Waals surface area contributed by atoms with Crippen LogP contribution in [0.3, 0.4) is 0 Å². The monoisotopic (exact) mass is 319 g/mol. The van der Waals surface area contributed by atoms with Gasteiger partial charge in [-0.1, -0.05) is 0 Å². The third-order valence-electron chi connectivity index (χ3n) is 5.27. The fraction of sp³-hybridized carbons (Fsp3) is 0.765. The number of rotatable bonds is 3. The van der Waals surface area contributed by atoms with E-state index in [4.69, 9.17) is 0 Å². The number of piperidine rings is 1. The predicted octanol–water partition coefficient (Wildman–Crippen LogP) is 1.57. The molecule has 6 nitrogen and oxygen atoms in total. The molecule has 0 spiro atoms. The van der Waals surface area contributed by atoms with E-state index in [1.165, 1.54) is 6.42 Å². The largest absolute Gasteiger partial charge is 0.338 e. The maximum Gasteiger partial charge on any atom is 0.320 e. The molecule has 3 heterocycles. The number of urea groups is 1. The minimum atomic E-state index is 0.252. The molecule has 1 aromatic heterocycles. The molecular formula is C17H29N5O. The van der Waals surface area contributed by atoms with Crippen molar-refractivity contribution in [1.29, 1.82) is 0 Å². The quantitative estimate of drug-likeness (QED) is 0.849. The first-order chi connectivity index (χ1) is 11.1. The number of hydrogen-bond donors (Lipinski definition) is 0. The Morgan fingerprint density at radius 1 is 1.17 bits per heavy atom. The molecule has 1 atom stereocenters. The van der Waals surface area contributed by atoms with Crippen molar-refractivity contribution in [2.75, 3.05) is 39.8 Å². The summed E-state index contributed by atoms with van der Waals surface area (Å²) < 4.78 is 2.08. The molecule has 0 saturated carbocycles. The van der Waals surface area contributed by atoms with Crippen LogP contribution < -0.4 is 0 Å². The molecule has 0 N–H and O–H groups in total. The summed E-state index contributed by atoms with van der Waals surface area (Å²) >= 11 is 0. The molecule has 2 saturated heterocycles. The number of likely N-dealkylation sites (N-methyl/N-ethyl adjacent to an activating group) is 1. The van der Waals surface area contributed by atoms with Crippen LogP contribution in [0.25, 0.3) is 0 Å². The topological polar surface area (TPSA) is 44.6 Å². The van der Waals surface area contributed by atoms with Gasteiger partial charge in [-0.3, -0.25) is 0 Å². The predicted molar refractivity (Wildman–Crippen MR) is 90.3 cm³/mol. The van der Waals surface area contributed by atoms with Gasteiger partial charge in [0.15, 0.2) is 0 Å². The lowest BCUT2D eigenvalue weighted by molar-refractivity contribution is 0.0926. The van der Waals surface area contributed by atoms with E-state index < -0.39 is 0 Å². The number of carbonyl (C=O) groups is 1. The molecule has 23 heavy (non-hydrogen) atoms. The average molecular weight is 319 g/mol. The van der Waals surface area contributed by atoms with Crippen molar-refractivity contribution in [3.63, 3.8) is 0 Å². The Morgan fingerprint density at radius 3 is 2.65 bits per heavy atom. The average Bonchev–Trinajstić information content (AvgIpc) is 2.98. The first-order valence-electron chi connectivity index (χ1n) is 8.85. The van der Waals surface area contributed by atoms with Crippen molar-refractivity contribution >= 4 is 6.03 Å². The van der Waals surface area contributed by atoms with E-state index in [0.717, 1.165) is 64.2 Å². The Balaban J connectivity index is 1.59. The smallest absolute Gasteiger partial charge is 0.320 e. The molecule has 0 aliphatic carbocycles. The SMILES string of the molecule is CN1CCN(C(=O)N2CCCC[C@@H]2CCc2nccn2C)CC1. The molecule has 6 heteroatoms. The highest BCUT2D eigenvalue weighted by Crippen LogP contribution is 2.23. The summed E-state index contributed by atoms with van der Waals surface area (Å²) in [6.45, 7) is 4.60. The van der Waals surface area contributed by atoms with Crippen LogP contribution >= 0.6 is 0 Å². The third-order valence-corrected chi connectivity index (χ3v) is 5.27. The lowest BCUT2D eigenvalue weighted by atomic mass is 9.98. The van der Waals surface area contributed by atoms with Crippen molar-refractivity contribution < 1.29 is 4.79 Å². The number of amides is 2. The number of imidazole rings is 1. The highest BCUT2D eigenvalue weighted by molar-refractivity contribution is 5.75. The third kappa shape index (κ3) is 3.86. The number of aryl methyl sites for hydroxylation is 2. The van der Waals surface area contributed by atoms with Crippen LogP contribution in [0, 0.1) is 0 Å². The van der Waals surface area contributed by atoms with Crippen molar-refractivity contribution in [1.82, 2.24) is 24.3 Å². The minimum Gasteiger partial charge on any atom is -0.338 e. The van der Waals surface area contributed by atoms with Crippen molar-refractivity contribution in [3.05, 3.63) is 18.2 Å². The van der Waals surface area contributed by atoms with E-state index >= 15 is 0 Å². The lowest BCUT2D eigenvalue weighted by Crippen LogP contribution is -2.55. The van der Waals surface area contributed by atoms with Crippen LogP contribution in [0.2, 0.25) is 0 Å². The van der Waals surface area contributed by atoms with Crippen molar-refractivity contribution in [2.24, 2.45) is 7.05 Å².